The SMILES string of the molecule is Cc1ccc(C(=O)NCC(C)(O)c2ccc3c(c2)OCO3)cc1. The maximum atomic E-state index is 12.2. The first kappa shape index (κ1) is 15.4. The highest BCUT2D eigenvalue weighted by Gasteiger charge is 2.26. The number of hydrogen-bond acceptors (Lipinski definition) is 4. The van der Waals surface area contributed by atoms with Crippen LogP contribution in [-0.2, 0) is 5.60 Å². The summed E-state index contributed by atoms with van der Waals surface area (Å²) >= 11 is 0. The van der Waals surface area contributed by atoms with Crippen LogP contribution >= 0.6 is 0 Å². The Morgan fingerprint density at radius 2 is 1.87 bits per heavy atom. The van der Waals surface area contributed by atoms with Gasteiger partial charge in [0, 0.05) is 5.56 Å². The van der Waals surface area contributed by atoms with Gasteiger partial charge in [0.2, 0.25) is 6.79 Å². The van der Waals surface area contributed by atoms with Crippen molar-refractivity contribution >= 4 is 5.91 Å². The molecule has 1 aliphatic heterocycles. The van der Waals surface area contributed by atoms with Gasteiger partial charge in [-0.3, -0.25) is 4.79 Å². The van der Waals surface area contributed by atoms with E-state index in [2.05, 4.69) is 5.32 Å². The molecule has 1 atom stereocenters. The molecule has 23 heavy (non-hydrogen) atoms. The number of aryl methyl sites for hydroxylation is 1. The lowest BCUT2D eigenvalue weighted by molar-refractivity contribution is 0.0525. The van der Waals surface area contributed by atoms with Crippen LogP contribution in [0.4, 0.5) is 0 Å². The van der Waals surface area contributed by atoms with Crippen molar-refractivity contribution in [2.24, 2.45) is 0 Å². The van der Waals surface area contributed by atoms with Crippen LogP contribution in [-0.4, -0.2) is 24.4 Å². The number of aliphatic hydroxyl groups is 1. The highest BCUT2D eigenvalue weighted by Crippen LogP contribution is 2.35. The normalized spacial score (nSPS) is 15.1. The highest BCUT2D eigenvalue weighted by atomic mass is 16.7. The molecule has 1 unspecified atom stereocenters. The molecule has 0 spiro atoms. The van der Waals surface area contributed by atoms with Gasteiger partial charge in [0.05, 0.1) is 6.54 Å². The monoisotopic (exact) mass is 313 g/mol. The minimum Gasteiger partial charge on any atom is -0.454 e. The Labute approximate surface area is 134 Å². The summed E-state index contributed by atoms with van der Waals surface area (Å²) in [6.07, 6.45) is 0. The molecule has 0 fully saturated rings. The van der Waals surface area contributed by atoms with E-state index in [-0.39, 0.29) is 19.2 Å². The smallest absolute Gasteiger partial charge is 0.251 e. The summed E-state index contributed by atoms with van der Waals surface area (Å²) in [7, 11) is 0. The number of carbonyl (C=O) groups excluding carboxylic acids is 1. The van der Waals surface area contributed by atoms with Gasteiger partial charge < -0.3 is 19.9 Å². The van der Waals surface area contributed by atoms with Crippen molar-refractivity contribution in [3.05, 3.63) is 59.2 Å². The number of hydrogen-bond donors (Lipinski definition) is 2. The lowest BCUT2D eigenvalue weighted by atomic mass is 9.95. The van der Waals surface area contributed by atoms with Gasteiger partial charge in [0.1, 0.15) is 5.60 Å². The second-order valence-electron chi connectivity index (χ2n) is 5.89. The Kier molecular flexibility index (Phi) is 3.96. The van der Waals surface area contributed by atoms with Crippen molar-refractivity contribution in [1.29, 1.82) is 0 Å². The van der Waals surface area contributed by atoms with Crippen LogP contribution in [0.1, 0.15) is 28.4 Å². The lowest BCUT2D eigenvalue weighted by Gasteiger charge is -2.24. The predicted octanol–water partition coefficient (Wildman–Crippen LogP) is 2.36. The number of amides is 1. The molecule has 5 nitrogen and oxygen atoms in total. The molecule has 3 rings (SSSR count). The van der Waals surface area contributed by atoms with Crippen molar-refractivity contribution in [3.8, 4) is 11.5 Å². The summed E-state index contributed by atoms with van der Waals surface area (Å²) in [5.74, 6) is 1.05. The van der Waals surface area contributed by atoms with Crippen LogP contribution in [0.15, 0.2) is 42.5 Å². The number of fused-ring (bicyclic) bond motifs is 1. The Balaban J connectivity index is 1.68. The summed E-state index contributed by atoms with van der Waals surface area (Å²) in [6, 6.07) is 12.6. The molecule has 0 saturated carbocycles. The van der Waals surface area contributed by atoms with Gasteiger partial charge in [-0.15, -0.1) is 0 Å². The maximum Gasteiger partial charge on any atom is 0.251 e. The lowest BCUT2D eigenvalue weighted by Crippen LogP contribution is -2.38. The molecule has 0 radical (unpaired) electrons. The van der Waals surface area contributed by atoms with E-state index in [1.54, 1.807) is 37.3 Å². The van der Waals surface area contributed by atoms with Crippen LogP contribution in [0.25, 0.3) is 0 Å². The fourth-order valence-electron chi connectivity index (χ4n) is 2.39. The summed E-state index contributed by atoms with van der Waals surface area (Å²) in [5, 5.41) is 13.4. The van der Waals surface area contributed by atoms with E-state index in [4.69, 9.17) is 9.47 Å². The molecule has 2 N–H and O–H groups in total. The number of carbonyl (C=O) groups is 1. The molecule has 5 heteroatoms. The Morgan fingerprint density at radius 1 is 1.17 bits per heavy atom. The summed E-state index contributed by atoms with van der Waals surface area (Å²) in [5.41, 5.74) is 1.11. The Hall–Kier alpha value is -2.53. The van der Waals surface area contributed by atoms with Crippen LogP contribution in [0.3, 0.4) is 0 Å². The third-order valence-corrected chi connectivity index (χ3v) is 3.90. The quantitative estimate of drug-likeness (QED) is 0.909. The first-order chi connectivity index (χ1) is 11.0. The molecule has 0 aliphatic carbocycles. The van der Waals surface area contributed by atoms with Crippen LogP contribution < -0.4 is 14.8 Å². The molecular formula is C18H19NO4. The van der Waals surface area contributed by atoms with Crippen LogP contribution in [0, 0.1) is 6.92 Å². The summed E-state index contributed by atoms with van der Waals surface area (Å²) in [6.45, 7) is 3.90. The number of nitrogens with one attached hydrogen (secondary N) is 1. The van der Waals surface area contributed by atoms with Gasteiger partial charge in [-0.1, -0.05) is 23.8 Å². The predicted molar refractivity (Wildman–Crippen MR) is 85.6 cm³/mol. The average molecular weight is 313 g/mol. The van der Waals surface area contributed by atoms with Gasteiger partial charge in [-0.25, -0.2) is 0 Å². The second kappa shape index (κ2) is 5.93. The molecule has 120 valence electrons. The molecule has 2 aromatic rings. The van der Waals surface area contributed by atoms with Gasteiger partial charge in [0.25, 0.3) is 5.91 Å². The van der Waals surface area contributed by atoms with E-state index >= 15 is 0 Å². The van der Waals surface area contributed by atoms with Gasteiger partial charge in [-0.05, 0) is 43.7 Å². The van der Waals surface area contributed by atoms with Gasteiger partial charge >= 0.3 is 0 Å². The van der Waals surface area contributed by atoms with E-state index < -0.39 is 5.60 Å². The van der Waals surface area contributed by atoms with Crippen molar-refractivity contribution < 1.29 is 19.4 Å². The molecule has 1 amide bonds. The van der Waals surface area contributed by atoms with Gasteiger partial charge in [0.15, 0.2) is 11.5 Å². The largest absolute Gasteiger partial charge is 0.454 e. The average Bonchev–Trinajstić information content (AvgIpc) is 3.01. The number of ether oxygens (including phenoxy) is 2. The van der Waals surface area contributed by atoms with E-state index in [9.17, 15) is 9.90 Å². The third kappa shape index (κ3) is 3.29. The van der Waals surface area contributed by atoms with Gasteiger partial charge in [-0.2, -0.15) is 0 Å². The summed E-state index contributed by atoms with van der Waals surface area (Å²) < 4.78 is 10.6. The van der Waals surface area contributed by atoms with Crippen molar-refractivity contribution in [2.75, 3.05) is 13.3 Å². The van der Waals surface area contributed by atoms with Crippen molar-refractivity contribution in [2.45, 2.75) is 19.4 Å². The zero-order valence-electron chi connectivity index (χ0n) is 13.1. The van der Waals surface area contributed by atoms with Crippen LogP contribution in [0.5, 0.6) is 11.5 Å². The first-order valence-electron chi connectivity index (χ1n) is 7.43. The van der Waals surface area contributed by atoms with Crippen LogP contribution in [0.2, 0.25) is 0 Å². The van der Waals surface area contributed by atoms with E-state index in [1.165, 1.54) is 0 Å². The fraction of sp³-hybridized carbons (Fsp3) is 0.278. The van der Waals surface area contributed by atoms with Crippen molar-refractivity contribution in [1.82, 2.24) is 5.32 Å². The third-order valence-electron chi connectivity index (χ3n) is 3.90. The topological polar surface area (TPSA) is 67.8 Å². The zero-order chi connectivity index (χ0) is 16.4. The number of benzene rings is 2. The minimum atomic E-state index is -1.21. The summed E-state index contributed by atoms with van der Waals surface area (Å²) in [4.78, 5) is 12.2. The standard InChI is InChI=1S/C18H19NO4/c1-12-3-5-13(6-4-12)17(20)19-10-18(2,21)14-7-8-15-16(9-14)23-11-22-15/h3-9,21H,10-11H2,1-2H3,(H,19,20). The van der Waals surface area contributed by atoms with E-state index in [0.29, 0.717) is 22.6 Å². The van der Waals surface area contributed by atoms with E-state index in [0.717, 1.165) is 5.56 Å². The molecule has 1 heterocycles. The van der Waals surface area contributed by atoms with E-state index in [1.807, 2.05) is 19.1 Å². The molecule has 1 aliphatic rings. The van der Waals surface area contributed by atoms with Crippen molar-refractivity contribution in [3.63, 3.8) is 0 Å². The maximum absolute atomic E-state index is 12.2. The Morgan fingerprint density at radius 3 is 2.61 bits per heavy atom. The highest BCUT2D eigenvalue weighted by molar-refractivity contribution is 5.94. The first-order valence-corrected chi connectivity index (χ1v) is 7.43. The number of rotatable bonds is 4. The molecule has 0 bridgehead atoms. The second-order valence-corrected chi connectivity index (χ2v) is 5.89. The Bertz CT molecular complexity index is 722. The molecule has 0 saturated heterocycles. The zero-order valence-corrected chi connectivity index (χ0v) is 13.1. The fourth-order valence-corrected chi connectivity index (χ4v) is 2.39. The molecule has 2 aromatic carbocycles. The molecular weight excluding hydrogens is 294 g/mol. The molecule has 0 aromatic heterocycles. The minimum absolute atomic E-state index is 0.0966.